The van der Waals surface area contributed by atoms with Crippen LogP contribution in [0, 0.1) is 0 Å². The summed E-state index contributed by atoms with van der Waals surface area (Å²) in [6, 6.07) is 0. The first-order valence-electron chi connectivity index (χ1n) is 10.2. The van der Waals surface area contributed by atoms with E-state index in [0.29, 0.717) is 39.1 Å². The van der Waals surface area contributed by atoms with Crippen LogP contribution in [-0.2, 0) is 33.2 Å². The highest BCUT2D eigenvalue weighted by Crippen LogP contribution is 2.17. The van der Waals surface area contributed by atoms with Crippen LogP contribution >= 0.6 is 0 Å². The summed E-state index contributed by atoms with van der Waals surface area (Å²) in [4.78, 5) is 0. The van der Waals surface area contributed by atoms with Crippen LogP contribution in [0.5, 0.6) is 0 Å². The van der Waals surface area contributed by atoms with Crippen molar-refractivity contribution in [2.45, 2.75) is 69.7 Å². The van der Waals surface area contributed by atoms with Gasteiger partial charge >= 0.3 is 0 Å². The maximum Gasteiger partial charge on any atom is 0.158 e. The van der Waals surface area contributed by atoms with Crippen LogP contribution < -0.4 is 0 Å². The van der Waals surface area contributed by atoms with Crippen LogP contribution in [0.3, 0.4) is 0 Å². The Morgan fingerprint density at radius 1 is 0.769 bits per heavy atom. The van der Waals surface area contributed by atoms with Gasteiger partial charge in [0, 0.05) is 19.8 Å². The Morgan fingerprint density at radius 3 is 2.12 bits per heavy atom. The number of hydrogen-bond acceptors (Lipinski definition) is 7. The molecule has 0 aromatic heterocycles. The number of rotatable bonds is 13. The molecule has 0 aromatic carbocycles. The molecule has 4 unspecified atom stereocenters. The molecule has 0 spiro atoms. The van der Waals surface area contributed by atoms with Crippen molar-refractivity contribution in [3.05, 3.63) is 0 Å². The van der Waals surface area contributed by atoms with Crippen molar-refractivity contribution < 1.29 is 33.2 Å². The first kappa shape index (κ1) is 20.5. The van der Waals surface area contributed by atoms with Crippen molar-refractivity contribution in [2.75, 3.05) is 52.9 Å². The zero-order chi connectivity index (χ0) is 17.9. The van der Waals surface area contributed by atoms with Crippen molar-refractivity contribution in [2.24, 2.45) is 0 Å². The Balaban J connectivity index is 1.27. The lowest BCUT2D eigenvalue weighted by Gasteiger charge is -2.28. The number of hydrogen-bond donors (Lipinski definition) is 0. The Labute approximate surface area is 156 Å². The van der Waals surface area contributed by atoms with Gasteiger partial charge in [-0.25, -0.2) is 0 Å². The lowest BCUT2D eigenvalue weighted by Crippen LogP contribution is -2.34. The highest BCUT2D eigenvalue weighted by molar-refractivity contribution is 4.68. The number of ether oxygens (including phenoxy) is 7. The molecule has 3 fully saturated rings. The van der Waals surface area contributed by atoms with E-state index in [-0.39, 0.29) is 18.7 Å². The van der Waals surface area contributed by atoms with Gasteiger partial charge in [0.25, 0.3) is 0 Å². The zero-order valence-electron chi connectivity index (χ0n) is 15.8. The van der Waals surface area contributed by atoms with E-state index in [1.807, 2.05) is 0 Å². The van der Waals surface area contributed by atoms with Gasteiger partial charge in [-0.15, -0.1) is 0 Å². The van der Waals surface area contributed by atoms with Gasteiger partial charge in [0.05, 0.1) is 39.1 Å². The largest absolute Gasteiger partial charge is 0.379 e. The maximum atomic E-state index is 6.04. The predicted molar refractivity (Wildman–Crippen MR) is 94.0 cm³/mol. The molecule has 152 valence electrons. The average Bonchev–Trinajstić information content (AvgIpc) is 3.51. The van der Waals surface area contributed by atoms with E-state index >= 15 is 0 Å². The molecule has 0 amide bonds. The van der Waals surface area contributed by atoms with Gasteiger partial charge in [0.1, 0.15) is 6.10 Å². The van der Waals surface area contributed by atoms with E-state index < -0.39 is 0 Å². The summed E-state index contributed by atoms with van der Waals surface area (Å²) in [6.45, 7) is 5.19. The third-order valence-electron chi connectivity index (χ3n) is 4.75. The minimum Gasteiger partial charge on any atom is -0.379 e. The smallest absolute Gasteiger partial charge is 0.158 e. The summed E-state index contributed by atoms with van der Waals surface area (Å²) in [5, 5.41) is 0. The molecule has 7 heteroatoms. The van der Waals surface area contributed by atoms with E-state index in [4.69, 9.17) is 33.2 Å². The van der Waals surface area contributed by atoms with Gasteiger partial charge in [-0.05, 0) is 44.9 Å². The maximum absolute atomic E-state index is 6.04. The van der Waals surface area contributed by atoms with Crippen molar-refractivity contribution in [1.29, 1.82) is 0 Å². The lowest BCUT2D eigenvalue weighted by molar-refractivity contribution is -0.211. The second-order valence-corrected chi connectivity index (χ2v) is 7.11. The fourth-order valence-electron chi connectivity index (χ4n) is 3.12. The summed E-state index contributed by atoms with van der Waals surface area (Å²) < 4.78 is 39.7. The summed E-state index contributed by atoms with van der Waals surface area (Å²) in [5.41, 5.74) is 0. The molecule has 0 bridgehead atoms. The highest BCUT2D eigenvalue weighted by Gasteiger charge is 2.23. The lowest BCUT2D eigenvalue weighted by atomic mass is 10.2. The third-order valence-corrected chi connectivity index (χ3v) is 4.75. The molecule has 3 heterocycles. The van der Waals surface area contributed by atoms with E-state index in [2.05, 4.69) is 0 Å². The molecule has 3 rings (SSSR count). The van der Waals surface area contributed by atoms with Crippen LogP contribution in [0.4, 0.5) is 0 Å². The topological polar surface area (TPSA) is 67.9 Å². The molecule has 0 N–H and O–H groups in total. The third kappa shape index (κ3) is 8.61. The molecule has 7 nitrogen and oxygen atoms in total. The Bertz CT molecular complexity index is 352. The average molecular weight is 374 g/mol. The highest BCUT2D eigenvalue weighted by atomic mass is 16.7. The first-order chi connectivity index (χ1) is 12.9. The van der Waals surface area contributed by atoms with E-state index in [9.17, 15) is 0 Å². The minimum absolute atomic E-state index is 0.0667. The fourth-order valence-corrected chi connectivity index (χ4v) is 3.12. The van der Waals surface area contributed by atoms with Gasteiger partial charge in [-0.1, -0.05) is 0 Å². The van der Waals surface area contributed by atoms with Crippen molar-refractivity contribution >= 4 is 0 Å². The predicted octanol–water partition coefficient (Wildman–Crippen LogP) is 2.26. The van der Waals surface area contributed by atoms with Crippen LogP contribution in [0.15, 0.2) is 0 Å². The normalized spacial score (nSPS) is 30.2. The molecule has 4 atom stereocenters. The van der Waals surface area contributed by atoms with E-state index in [1.165, 1.54) is 6.42 Å². The van der Waals surface area contributed by atoms with Gasteiger partial charge in [0.15, 0.2) is 12.6 Å². The van der Waals surface area contributed by atoms with Gasteiger partial charge in [-0.2, -0.15) is 0 Å². The van der Waals surface area contributed by atoms with Crippen molar-refractivity contribution in [1.82, 2.24) is 0 Å². The molecule has 0 aromatic rings. The van der Waals surface area contributed by atoms with Gasteiger partial charge < -0.3 is 33.2 Å². The second kappa shape index (κ2) is 12.2. The first-order valence-corrected chi connectivity index (χ1v) is 10.2. The minimum atomic E-state index is -0.139. The SMILES string of the molecule is C1CCC(OCCOCC(COCCC2CO2)OC2CCCCO2)OC1. The molecule has 0 radical (unpaired) electrons. The molecule has 26 heavy (non-hydrogen) atoms. The Hall–Kier alpha value is -0.280. The molecule has 3 aliphatic rings. The monoisotopic (exact) mass is 374 g/mol. The molecular formula is C19H34O7. The van der Waals surface area contributed by atoms with Crippen LogP contribution in [0.2, 0.25) is 0 Å². The van der Waals surface area contributed by atoms with Crippen LogP contribution in [0.1, 0.15) is 44.9 Å². The van der Waals surface area contributed by atoms with E-state index in [0.717, 1.165) is 58.3 Å². The molecule has 3 saturated heterocycles. The summed E-state index contributed by atoms with van der Waals surface area (Å²) in [6.07, 6.45) is 7.49. The van der Waals surface area contributed by atoms with Crippen molar-refractivity contribution in [3.8, 4) is 0 Å². The number of epoxide rings is 1. The Morgan fingerprint density at radius 2 is 1.46 bits per heavy atom. The van der Waals surface area contributed by atoms with Gasteiger partial charge in [0.2, 0.25) is 0 Å². The quantitative estimate of drug-likeness (QED) is 0.362. The molecule has 3 aliphatic heterocycles. The summed E-state index contributed by atoms with van der Waals surface area (Å²) in [7, 11) is 0. The summed E-state index contributed by atoms with van der Waals surface area (Å²) >= 11 is 0. The van der Waals surface area contributed by atoms with Crippen molar-refractivity contribution in [3.63, 3.8) is 0 Å². The Kier molecular flexibility index (Phi) is 9.62. The molecule has 0 aliphatic carbocycles. The standard InChI is InChI=1S/C19H34O7/c1-3-8-22-18(5-1)24-12-11-21-14-17(13-20-10-7-16-15-25-16)26-19-6-2-4-9-23-19/h16-19H,1-15H2. The second-order valence-electron chi connectivity index (χ2n) is 7.11. The summed E-state index contributed by atoms with van der Waals surface area (Å²) in [5.74, 6) is 0. The van der Waals surface area contributed by atoms with Crippen LogP contribution in [-0.4, -0.2) is 77.6 Å². The fraction of sp³-hybridized carbons (Fsp3) is 1.00. The van der Waals surface area contributed by atoms with Gasteiger partial charge in [-0.3, -0.25) is 0 Å². The van der Waals surface area contributed by atoms with E-state index in [1.54, 1.807) is 0 Å². The molecular weight excluding hydrogens is 340 g/mol. The van der Waals surface area contributed by atoms with Crippen LogP contribution in [0.25, 0.3) is 0 Å². The zero-order valence-corrected chi connectivity index (χ0v) is 15.8. The molecule has 0 saturated carbocycles.